The standard InChI is InChI=1S/C20H32OS/c1-4-17(13-15(2)3)18-11-9-16(10-12-18)14-21-19-7-5-6-8-20(19)22/h9-12,15,17,19-20,22H,4-8,13-14H2,1-3H3. The second-order valence-electron chi connectivity index (χ2n) is 7.18. The van der Waals surface area contributed by atoms with Crippen LogP contribution >= 0.6 is 12.6 Å². The van der Waals surface area contributed by atoms with E-state index >= 15 is 0 Å². The normalized spacial score (nSPS) is 23.7. The van der Waals surface area contributed by atoms with E-state index in [0.717, 1.165) is 12.5 Å². The van der Waals surface area contributed by atoms with E-state index in [1.807, 2.05) is 0 Å². The van der Waals surface area contributed by atoms with Gasteiger partial charge in [0.2, 0.25) is 0 Å². The van der Waals surface area contributed by atoms with Gasteiger partial charge in [0.05, 0.1) is 12.7 Å². The van der Waals surface area contributed by atoms with Crippen molar-refractivity contribution in [2.45, 2.75) is 83.2 Å². The van der Waals surface area contributed by atoms with Gasteiger partial charge in [-0.2, -0.15) is 12.6 Å². The van der Waals surface area contributed by atoms with E-state index in [-0.39, 0.29) is 0 Å². The van der Waals surface area contributed by atoms with E-state index in [0.29, 0.717) is 17.3 Å². The molecule has 22 heavy (non-hydrogen) atoms. The Labute approximate surface area is 142 Å². The summed E-state index contributed by atoms with van der Waals surface area (Å²) >= 11 is 4.67. The fraction of sp³-hybridized carbons (Fsp3) is 0.700. The molecule has 2 heteroatoms. The molecule has 3 unspecified atom stereocenters. The summed E-state index contributed by atoms with van der Waals surface area (Å²) in [6.45, 7) is 7.63. The summed E-state index contributed by atoms with van der Waals surface area (Å²) < 4.78 is 6.10. The van der Waals surface area contributed by atoms with E-state index in [4.69, 9.17) is 4.74 Å². The number of benzene rings is 1. The Kier molecular flexibility index (Phi) is 7.30. The number of hydrogen-bond donors (Lipinski definition) is 1. The van der Waals surface area contributed by atoms with Gasteiger partial charge in [-0.05, 0) is 48.6 Å². The van der Waals surface area contributed by atoms with Crippen LogP contribution in [0.25, 0.3) is 0 Å². The lowest BCUT2D eigenvalue weighted by atomic mass is 9.88. The van der Waals surface area contributed by atoms with E-state index in [1.165, 1.54) is 49.7 Å². The molecule has 0 saturated heterocycles. The van der Waals surface area contributed by atoms with Crippen molar-refractivity contribution in [3.63, 3.8) is 0 Å². The molecular formula is C20H32OS. The van der Waals surface area contributed by atoms with Crippen molar-refractivity contribution in [1.82, 2.24) is 0 Å². The van der Waals surface area contributed by atoms with Crippen LogP contribution in [0, 0.1) is 5.92 Å². The first-order valence-corrected chi connectivity index (χ1v) is 9.50. The maximum atomic E-state index is 6.10. The lowest BCUT2D eigenvalue weighted by molar-refractivity contribution is 0.0217. The van der Waals surface area contributed by atoms with Crippen molar-refractivity contribution >= 4 is 12.6 Å². The van der Waals surface area contributed by atoms with Crippen LogP contribution in [0.4, 0.5) is 0 Å². The number of thiol groups is 1. The van der Waals surface area contributed by atoms with Crippen LogP contribution in [0.2, 0.25) is 0 Å². The molecule has 1 aromatic rings. The van der Waals surface area contributed by atoms with Gasteiger partial charge in [0, 0.05) is 5.25 Å². The number of rotatable bonds is 7. The summed E-state index contributed by atoms with van der Waals surface area (Å²) in [4.78, 5) is 0. The van der Waals surface area contributed by atoms with Gasteiger partial charge in [-0.1, -0.05) is 57.9 Å². The zero-order valence-corrected chi connectivity index (χ0v) is 15.3. The molecule has 1 fully saturated rings. The monoisotopic (exact) mass is 320 g/mol. The van der Waals surface area contributed by atoms with Crippen LogP contribution in [-0.2, 0) is 11.3 Å². The van der Waals surface area contributed by atoms with E-state index in [1.54, 1.807) is 0 Å². The molecule has 0 N–H and O–H groups in total. The summed E-state index contributed by atoms with van der Waals surface area (Å²) in [7, 11) is 0. The second kappa shape index (κ2) is 8.98. The molecule has 1 aromatic carbocycles. The molecule has 1 aliphatic rings. The predicted octanol–water partition coefficient (Wildman–Crippen LogP) is 5.98. The molecule has 1 nitrogen and oxygen atoms in total. The van der Waals surface area contributed by atoms with Crippen molar-refractivity contribution < 1.29 is 4.74 Å². The van der Waals surface area contributed by atoms with Gasteiger partial charge in [0.25, 0.3) is 0 Å². The highest BCUT2D eigenvalue weighted by molar-refractivity contribution is 7.81. The van der Waals surface area contributed by atoms with Crippen LogP contribution < -0.4 is 0 Å². The van der Waals surface area contributed by atoms with Crippen LogP contribution in [0.3, 0.4) is 0 Å². The maximum Gasteiger partial charge on any atom is 0.0721 e. The van der Waals surface area contributed by atoms with Gasteiger partial charge < -0.3 is 4.74 Å². The minimum Gasteiger partial charge on any atom is -0.372 e. The first-order chi connectivity index (χ1) is 10.6. The van der Waals surface area contributed by atoms with Crippen LogP contribution in [0.5, 0.6) is 0 Å². The van der Waals surface area contributed by atoms with Gasteiger partial charge in [0.1, 0.15) is 0 Å². The van der Waals surface area contributed by atoms with Crippen molar-refractivity contribution in [3.05, 3.63) is 35.4 Å². The first kappa shape index (κ1) is 17.9. The van der Waals surface area contributed by atoms with E-state index in [9.17, 15) is 0 Å². The molecule has 124 valence electrons. The fourth-order valence-corrected chi connectivity index (χ4v) is 3.89. The van der Waals surface area contributed by atoms with E-state index in [2.05, 4.69) is 57.7 Å². The van der Waals surface area contributed by atoms with Crippen LogP contribution in [-0.4, -0.2) is 11.4 Å². The SMILES string of the molecule is CCC(CC(C)C)c1ccc(COC2CCCCC2S)cc1. The van der Waals surface area contributed by atoms with Crippen molar-refractivity contribution in [1.29, 1.82) is 0 Å². The van der Waals surface area contributed by atoms with Crippen LogP contribution in [0.15, 0.2) is 24.3 Å². The third-order valence-corrected chi connectivity index (χ3v) is 5.42. The Bertz CT molecular complexity index is 426. The Hall–Kier alpha value is -0.470. The zero-order chi connectivity index (χ0) is 15.9. The third-order valence-electron chi connectivity index (χ3n) is 4.83. The zero-order valence-electron chi connectivity index (χ0n) is 14.4. The molecule has 0 heterocycles. The quantitative estimate of drug-likeness (QED) is 0.608. The first-order valence-electron chi connectivity index (χ1n) is 8.98. The van der Waals surface area contributed by atoms with Crippen LogP contribution in [0.1, 0.15) is 76.3 Å². The number of ether oxygens (including phenoxy) is 1. The van der Waals surface area contributed by atoms with E-state index < -0.39 is 0 Å². The fourth-order valence-electron chi connectivity index (χ4n) is 3.47. The second-order valence-corrected chi connectivity index (χ2v) is 7.84. The van der Waals surface area contributed by atoms with Gasteiger partial charge in [-0.25, -0.2) is 0 Å². The molecule has 2 rings (SSSR count). The Morgan fingerprint density at radius 1 is 1.14 bits per heavy atom. The molecule has 0 aromatic heterocycles. The summed E-state index contributed by atoms with van der Waals surface area (Å²) in [6, 6.07) is 9.09. The summed E-state index contributed by atoms with van der Waals surface area (Å²) in [5.41, 5.74) is 2.76. The summed E-state index contributed by atoms with van der Waals surface area (Å²) in [5, 5.41) is 0.420. The average molecular weight is 321 g/mol. The van der Waals surface area contributed by atoms with Gasteiger partial charge >= 0.3 is 0 Å². The highest BCUT2D eigenvalue weighted by atomic mass is 32.1. The Balaban J connectivity index is 1.88. The van der Waals surface area contributed by atoms with Crippen molar-refractivity contribution in [2.75, 3.05) is 0 Å². The molecule has 1 saturated carbocycles. The lowest BCUT2D eigenvalue weighted by Crippen LogP contribution is -2.28. The maximum absolute atomic E-state index is 6.10. The highest BCUT2D eigenvalue weighted by Gasteiger charge is 2.22. The summed E-state index contributed by atoms with van der Waals surface area (Å²) in [5.74, 6) is 1.45. The minimum atomic E-state index is 0.334. The number of hydrogen-bond acceptors (Lipinski definition) is 2. The largest absolute Gasteiger partial charge is 0.372 e. The average Bonchev–Trinajstić information content (AvgIpc) is 2.52. The van der Waals surface area contributed by atoms with Gasteiger partial charge in [-0.15, -0.1) is 0 Å². The molecule has 0 spiro atoms. The Morgan fingerprint density at radius 3 is 2.41 bits per heavy atom. The molecule has 0 radical (unpaired) electrons. The molecule has 0 amide bonds. The Morgan fingerprint density at radius 2 is 1.82 bits per heavy atom. The topological polar surface area (TPSA) is 9.23 Å². The van der Waals surface area contributed by atoms with Crippen molar-refractivity contribution in [2.24, 2.45) is 5.92 Å². The highest BCUT2D eigenvalue weighted by Crippen LogP contribution is 2.28. The molecule has 0 aliphatic heterocycles. The molecular weight excluding hydrogens is 288 g/mol. The third kappa shape index (κ3) is 5.31. The molecule has 3 atom stereocenters. The molecule has 1 aliphatic carbocycles. The minimum absolute atomic E-state index is 0.334. The lowest BCUT2D eigenvalue weighted by Gasteiger charge is -2.28. The van der Waals surface area contributed by atoms with Crippen molar-refractivity contribution in [3.8, 4) is 0 Å². The van der Waals surface area contributed by atoms with Gasteiger partial charge in [0.15, 0.2) is 0 Å². The molecule has 0 bridgehead atoms. The smallest absolute Gasteiger partial charge is 0.0721 e. The predicted molar refractivity (Wildman–Crippen MR) is 98.7 cm³/mol. The summed E-state index contributed by atoms with van der Waals surface area (Å²) in [6.07, 6.45) is 7.78. The van der Waals surface area contributed by atoms with Gasteiger partial charge in [-0.3, -0.25) is 0 Å².